The number of rotatable bonds is 80. The number of nitrogens with zero attached hydrogens (tertiary/aromatic N) is 2. The van der Waals surface area contributed by atoms with Crippen molar-refractivity contribution in [2.75, 3.05) is 0 Å². The van der Waals surface area contributed by atoms with E-state index in [4.69, 9.17) is 0 Å². The molecule has 0 amide bonds. The molecule has 3 heteroatoms. The molecule has 1 aliphatic rings. The molecule has 3 rings (SSSR count). The molecule has 0 N–H and O–H groups in total. The molecule has 1 heterocycles. The fourth-order valence-electron chi connectivity index (χ4n) is 16.9. The van der Waals surface area contributed by atoms with E-state index in [1.54, 1.807) is 4.70 Å². The molecule has 0 spiro atoms. The van der Waals surface area contributed by atoms with Gasteiger partial charge in [0.05, 0.1) is 0 Å². The predicted octanol–water partition coefficient (Wildman–Crippen LogP) is 38.5. The van der Waals surface area contributed by atoms with Crippen LogP contribution < -0.4 is 0 Å². The van der Waals surface area contributed by atoms with Gasteiger partial charge in [0.1, 0.15) is 0 Å². The maximum Gasteiger partial charge on any atom is 2.00 e. The average Bonchev–Trinajstić information content (AvgIpc) is 1.61. The molecular weight excluding hydrogens is 1360 g/mol. The zero-order valence-corrected chi connectivity index (χ0v) is 76.6. The van der Waals surface area contributed by atoms with E-state index >= 15 is 0 Å². The van der Waals surface area contributed by atoms with Gasteiger partial charge in [-0.1, -0.05) is 491 Å². The van der Waals surface area contributed by atoms with Crippen molar-refractivity contribution in [2.45, 2.75) is 569 Å². The molecule has 0 aliphatic carbocycles. The average molecular weight is 1560 g/mol. The topological polar surface area (TPSA) is 25.3 Å². The van der Waals surface area contributed by atoms with Gasteiger partial charge in [0.2, 0.25) is 11.4 Å². The number of hydrogen-bond acceptors (Lipinski definition) is 0. The molecule has 2 aromatic rings. The van der Waals surface area contributed by atoms with E-state index in [0.717, 1.165) is 75.6 Å². The fourth-order valence-corrected chi connectivity index (χ4v) is 16.9. The quantitative estimate of drug-likeness (QED) is 0.0273. The summed E-state index contributed by atoms with van der Waals surface area (Å²) in [6.07, 6.45) is 110. The minimum absolute atomic E-state index is 0. The first kappa shape index (κ1) is 107. The van der Waals surface area contributed by atoms with E-state index in [1.165, 1.54) is 494 Å². The normalized spacial score (nSPS) is 12.2. The van der Waals surface area contributed by atoms with E-state index < -0.39 is 0 Å². The van der Waals surface area contributed by atoms with Gasteiger partial charge in [-0.2, -0.15) is 12.8 Å². The van der Waals surface area contributed by atoms with Crippen LogP contribution in [0.3, 0.4) is 0 Å². The van der Waals surface area contributed by atoms with Gasteiger partial charge >= 0.3 is 16.5 Å². The van der Waals surface area contributed by atoms with Crippen molar-refractivity contribution in [3.05, 3.63) is 100 Å². The molecule has 0 aromatic heterocycles. The van der Waals surface area contributed by atoms with Crippen molar-refractivity contribution in [3.63, 3.8) is 0 Å². The Morgan fingerprint density at radius 3 is 0.532 bits per heavy atom. The van der Waals surface area contributed by atoms with Crippen LogP contribution in [0.1, 0.15) is 577 Å². The van der Waals surface area contributed by atoms with Gasteiger partial charge < -0.3 is 19.4 Å². The maximum absolute atomic E-state index is 12.7. The number of allylic oxidation sites excluding steroid dienone is 2. The smallest absolute Gasteiger partial charge is 0.493 e. The number of unbranched alkanes of at least 4 members (excludes halogenated alkanes) is 66. The summed E-state index contributed by atoms with van der Waals surface area (Å²) < 4.78 is 1.70. The molecule has 1 aliphatic heterocycles. The molecule has 0 unspecified atom stereocenters. The number of aryl methyl sites for hydroxylation is 4. The van der Waals surface area contributed by atoms with Crippen LogP contribution in [-0.4, -0.2) is 4.70 Å². The Hall–Kier alpha value is -1.99. The molecule has 0 fully saturated rings. The van der Waals surface area contributed by atoms with Crippen molar-refractivity contribution in [1.29, 1.82) is 0 Å². The molecule has 0 bridgehead atoms. The van der Waals surface area contributed by atoms with Gasteiger partial charge in [0, 0.05) is 22.3 Å². The SMILES string of the molecule is CCCCCCCCCCC1=C(c2cc(CCCC)cc(CCCCCCCC)c2)[N+](=[N-])C(c2cc(CCCC)cc(CCCCCCCC)c2)=C1CCCC.[CH2-]CCCCCCCCCCCCCCCCCCCCCCCCC.[CH2-]CCCCCCCCCCCCCCCCCCCCCCCCC.[Ni+2]. The van der Waals surface area contributed by atoms with Crippen LogP contribution in [0.2, 0.25) is 0 Å². The Morgan fingerprint density at radius 2 is 0.339 bits per heavy atom. The van der Waals surface area contributed by atoms with Gasteiger partial charge in [-0.3, -0.25) is 0 Å². The summed E-state index contributed by atoms with van der Waals surface area (Å²) in [5.41, 5.74) is 26.1. The molecule has 0 radical (unpaired) electrons. The number of benzene rings is 2. The zero-order chi connectivity index (χ0) is 78.2. The Kier molecular flexibility index (Phi) is 83.8. The summed E-state index contributed by atoms with van der Waals surface area (Å²) in [7, 11) is 0. The Bertz CT molecular complexity index is 2170. The van der Waals surface area contributed by atoms with Gasteiger partial charge in [-0.15, -0.1) is 0 Å². The van der Waals surface area contributed by atoms with Gasteiger partial charge in [0.15, 0.2) is 0 Å². The third-order valence-electron chi connectivity index (χ3n) is 24.1. The molecular formula is C106H194N2Ni. The maximum atomic E-state index is 12.7. The summed E-state index contributed by atoms with van der Waals surface area (Å²) in [5.74, 6) is 0. The molecule has 638 valence electrons. The summed E-state index contributed by atoms with van der Waals surface area (Å²) in [5, 5.41) is 0. The largest absolute Gasteiger partial charge is 2.00 e. The molecule has 2 aromatic carbocycles. The molecule has 2 nitrogen and oxygen atoms in total. The van der Waals surface area contributed by atoms with Crippen molar-refractivity contribution < 1.29 is 21.2 Å². The van der Waals surface area contributed by atoms with Crippen molar-refractivity contribution in [2.24, 2.45) is 0 Å². The minimum Gasteiger partial charge on any atom is -0.493 e. The second kappa shape index (κ2) is 85.4. The molecule has 109 heavy (non-hydrogen) atoms. The molecule has 0 saturated heterocycles. The van der Waals surface area contributed by atoms with E-state index in [2.05, 4.69) is 106 Å². The summed E-state index contributed by atoms with van der Waals surface area (Å²) in [6.45, 7) is 26.3. The van der Waals surface area contributed by atoms with E-state index in [0.29, 0.717) is 0 Å². The monoisotopic (exact) mass is 1550 g/mol. The standard InChI is InChI=1S/C54H88N2.2C26H53.Ni/c1-7-13-19-22-25-26-29-32-38-52-51(37-18-12-6)53(49-41-45(33-16-10-4)39-47(43-49)35-30-27-23-20-14-8-2)56(55)54(52)50-42-46(34-17-11-5)40-48(44-50)36-31-28-24-21-15-9-3;2*1-3-5-7-9-11-13-15-17-19-21-23-25-26-24-22-20-18-16-14-12-10-8-6-4-2;/h39-44H,7-38H2,1-6H3;2*1,3-26H2,2H3;/q;2*-1;+2. The molecule has 0 atom stereocenters. The summed E-state index contributed by atoms with van der Waals surface area (Å²) >= 11 is 0. The van der Waals surface area contributed by atoms with Crippen molar-refractivity contribution in [1.82, 2.24) is 0 Å². The van der Waals surface area contributed by atoms with E-state index in [1.807, 2.05) is 0 Å². The summed E-state index contributed by atoms with van der Waals surface area (Å²) in [6, 6.07) is 14.8. The fraction of sp³-hybridized carbons (Fsp3) is 0.830. The third kappa shape index (κ3) is 63.9. The van der Waals surface area contributed by atoms with Crippen LogP contribution in [0, 0.1) is 13.8 Å². The van der Waals surface area contributed by atoms with Gasteiger partial charge in [-0.25, -0.2) is 4.70 Å². The summed E-state index contributed by atoms with van der Waals surface area (Å²) in [4.78, 5) is 0. The van der Waals surface area contributed by atoms with Crippen LogP contribution in [-0.2, 0) is 42.2 Å². The van der Waals surface area contributed by atoms with Crippen LogP contribution >= 0.6 is 0 Å². The Labute approximate surface area is 697 Å². The predicted molar refractivity (Wildman–Crippen MR) is 492 cm³/mol. The van der Waals surface area contributed by atoms with E-state index in [-0.39, 0.29) is 16.5 Å². The second-order valence-electron chi connectivity index (χ2n) is 34.9. The molecule has 0 saturated carbocycles. The Morgan fingerprint density at radius 1 is 0.193 bits per heavy atom. The minimum atomic E-state index is 0. The van der Waals surface area contributed by atoms with Gasteiger partial charge in [-0.05, 0) is 124 Å². The first-order chi connectivity index (χ1) is 53.3. The van der Waals surface area contributed by atoms with E-state index in [9.17, 15) is 5.53 Å². The Balaban J connectivity index is 0.00000183. The van der Waals surface area contributed by atoms with Crippen LogP contribution in [0.15, 0.2) is 47.5 Å². The van der Waals surface area contributed by atoms with Crippen LogP contribution in [0.25, 0.3) is 16.9 Å². The first-order valence-corrected chi connectivity index (χ1v) is 50.1. The van der Waals surface area contributed by atoms with Crippen LogP contribution in [0.5, 0.6) is 0 Å². The van der Waals surface area contributed by atoms with Crippen molar-refractivity contribution in [3.8, 4) is 0 Å². The van der Waals surface area contributed by atoms with Crippen molar-refractivity contribution >= 4 is 11.4 Å². The van der Waals surface area contributed by atoms with Gasteiger partial charge in [0.25, 0.3) is 0 Å². The third-order valence-corrected chi connectivity index (χ3v) is 24.1. The number of hydrogen-bond donors (Lipinski definition) is 0. The first-order valence-electron chi connectivity index (χ1n) is 50.1. The van der Waals surface area contributed by atoms with Crippen LogP contribution in [0.4, 0.5) is 0 Å². The second-order valence-corrected chi connectivity index (χ2v) is 34.9. The zero-order valence-electron chi connectivity index (χ0n) is 75.7.